The molecule has 0 aliphatic heterocycles. The smallest absolute Gasteiger partial charge is 0.412 e. The van der Waals surface area contributed by atoms with Crippen molar-refractivity contribution in [3.8, 4) is 0 Å². The van der Waals surface area contributed by atoms with Crippen molar-refractivity contribution in [2.75, 3.05) is 29.2 Å². The number of nitrogens with one attached hydrogen (secondary N) is 1. The van der Waals surface area contributed by atoms with E-state index in [1.54, 1.807) is 0 Å². The molecule has 7 heteroatoms. The number of carboxylic acid groups (broad SMARTS) is 1. The fraction of sp³-hybridized carbons (Fsp3) is 0.333. The summed E-state index contributed by atoms with van der Waals surface area (Å²) in [6.07, 6.45) is 2.19. The number of rotatable bonds is 5. The van der Waals surface area contributed by atoms with Gasteiger partial charge in [0.2, 0.25) is 0 Å². The molecule has 0 bridgehead atoms. The monoisotopic (exact) mass is 482 g/mol. The van der Waals surface area contributed by atoms with Crippen LogP contribution >= 0.6 is 15.9 Å². The molecule has 0 saturated heterocycles. The maximum absolute atomic E-state index is 12.0. The van der Waals surface area contributed by atoms with Crippen molar-refractivity contribution in [1.82, 2.24) is 4.98 Å². The molecule has 1 saturated carbocycles. The predicted molar refractivity (Wildman–Crippen MR) is 131 cm³/mol. The molecule has 0 radical (unpaired) electrons. The summed E-state index contributed by atoms with van der Waals surface area (Å²) >= 11 is 3.90. The Labute approximate surface area is 191 Å². The third-order valence-electron chi connectivity index (χ3n) is 5.88. The zero-order chi connectivity index (χ0) is 22.0. The number of aromatic nitrogens is 1. The van der Waals surface area contributed by atoms with Crippen LogP contribution in [0.2, 0.25) is 0 Å². The minimum absolute atomic E-state index is 0.0470. The summed E-state index contributed by atoms with van der Waals surface area (Å²) in [5.74, 6) is 0.816. The highest BCUT2D eigenvalue weighted by Gasteiger charge is 2.37. The number of pyridine rings is 1. The van der Waals surface area contributed by atoms with Crippen LogP contribution in [0.5, 0.6) is 0 Å². The van der Waals surface area contributed by atoms with Crippen LogP contribution < -0.4 is 15.1 Å². The molecule has 1 aliphatic rings. The highest BCUT2D eigenvalue weighted by atomic mass is 79.9. The summed E-state index contributed by atoms with van der Waals surface area (Å²) in [6, 6.07) is 19.5. The Balaban J connectivity index is 1.52. The van der Waals surface area contributed by atoms with Crippen LogP contribution in [-0.4, -0.2) is 40.8 Å². The van der Waals surface area contributed by atoms with E-state index in [-0.39, 0.29) is 10.5 Å². The van der Waals surface area contributed by atoms with E-state index in [2.05, 4.69) is 38.3 Å². The van der Waals surface area contributed by atoms with Gasteiger partial charge < -0.3 is 15.3 Å². The van der Waals surface area contributed by atoms with Gasteiger partial charge in [-0.15, -0.1) is 0 Å². The van der Waals surface area contributed by atoms with Gasteiger partial charge in [0.05, 0.1) is 9.96 Å². The number of para-hydroxylation sites is 2. The molecule has 0 unspecified atom stereocenters. The Morgan fingerprint density at radius 1 is 1.10 bits per heavy atom. The highest BCUT2D eigenvalue weighted by Crippen LogP contribution is 2.40. The number of nitrogens with zero attached hydrogens (tertiary/aromatic N) is 3. The second-order valence-corrected chi connectivity index (χ2v) is 9.77. The normalized spacial score (nSPS) is 20.9. The average Bonchev–Trinajstić information content (AvgIpc) is 2.75. The van der Waals surface area contributed by atoms with Gasteiger partial charge in [-0.1, -0.05) is 52.3 Å². The molecular formula is C24H27BrN4O2. The van der Waals surface area contributed by atoms with Crippen LogP contribution in [0.4, 0.5) is 22.0 Å². The fourth-order valence-corrected chi connectivity index (χ4v) is 4.99. The van der Waals surface area contributed by atoms with Crippen LogP contribution in [0.1, 0.15) is 25.7 Å². The molecule has 2 aromatic carbocycles. The average molecular weight is 483 g/mol. The number of hydrogen-bond acceptors (Lipinski definition) is 4. The fourth-order valence-electron chi connectivity index (χ4n) is 4.33. The molecule has 1 amide bonds. The van der Waals surface area contributed by atoms with Crippen LogP contribution in [-0.2, 0) is 0 Å². The Kier molecular flexibility index (Phi) is 6.05. The zero-order valence-corrected chi connectivity index (χ0v) is 19.3. The van der Waals surface area contributed by atoms with E-state index in [4.69, 9.17) is 4.98 Å². The first-order valence-electron chi connectivity index (χ1n) is 10.5. The highest BCUT2D eigenvalue weighted by molar-refractivity contribution is 9.10. The number of anilines is 3. The maximum Gasteiger partial charge on any atom is 0.412 e. The summed E-state index contributed by atoms with van der Waals surface area (Å²) in [7, 11) is 4.06. The summed E-state index contributed by atoms with van der Waals surface area (Å²) in [6.45, 7) is 0. The number of benzene rings is 2. The Morgan fingerprint density at radius 3 is 2.39 bits per heavy atom. The molecule has 2 N–H and O–H groups in total. The topological polar surface area (TPSA) is 68.7 Å². The number of alkyl halides is 1. The summed E-state index contributed by atoms with van der Waals surface area (Å²) in [5.41, 5.74) is 2.78. The first-order valence-corrected chi connectivity index (χ1v) is 11.3. The van der Waals surface area contributed by atoms with Crippen LogP contribution in [0.3, 0.4) is 0 Å². The largest absolute Gasteiger partial charge is 0.465 e. The molecular weight excluding hydrogens is 456 g/mol. The number of fused-ring (bicyclic) bond motifs is 1. The zero-order valence-electron chi connectivity index (χ0n) is 17.8. The lowest BCUT2D eigenvalue weighted by Gasteiger charge is -2.40. The van der Waals surface area contributed by atoms with Crippen LogP contribution in [0.25, 0.3) is 10.9 Å². The minimum atomic E-state index is -0.905. The van der Waals surface area contributed by atoms with Gasteiger partial charge in [-0.25, -0.2) is 9.78 Å². The summed E-state index contributed by atoms with van der Waals surface area (Å²) in [5, 5.41) is 14.5. The molecule has 1 heterocycles. The van der Waals surface area contributed by atoms with Gasteiger partial charge in [-0.2, -0.15) is 0 Å². The third kappa shape index (κ3) is 4.61. The van der Waals surface area contributed by atoms with Crippen molar-refractivity contribution in [3.63, 3.8) is 0 Å². The lowest BCUT2D eigenvalue weighted by Crippen LogP contribution is -2.46. The van der Waals surface area contributed by atoms with Gasteiger partial charge in [0.25, 0.3) is 0 Å². The second kappa shape index (κ2) is 8.75. The second-order valence-electron chi connectivity index (χ2n) is 8.25. The first kappa shape index (κ1) is 21.4. The summed E-state index contributed by atoms with van der Waals surface area (Å²) < 4.78 is -0.316. The van der Waals surface area contributed by atoms with Crippen molar-refractivity contribution >= 4 is 50.1 Å². The van der Waals surface area contributed by atoms with E-state index in [0.717, 1.165) is 53.8 Å². The molecule has 1 fully saturated rings. The van der Waals surface area contributed by atoms with Crippen molar-refractivity contribution in [1.29, 1.82) is 0 Å². The van der Waals surface area contributed by atoms with E-state index >= 15 is 0 Å². The van der Waals surface area contributed by atoms with Gasteiger partial charge in [-0.3, -0.25) is 4.90 Å². The number of carbonyl (C=O) groups is 1. The maximum atomic E-state index is 12.0. The molecule has 162 valence electrons. The van der Waals surface area contributed by atoms with Crippen LogP contribution in [0, 0.1) is 0 Å². The van der Waals surface area contributed by atoms with E-state index in [1.165, 1.54) is 4.90 Å². The lowest BCUT2D eigenvalue weighted by molar-refractivity contribution is 0.195. The number of amides is 1. The van der Waals surface area contributed by atoms with Crippen LogP contribution in [0.15, 0.2) is 60.7 Å². The molecule has 6 nitrogen and oxygen atoms in total. The van der Waals surface area contributed by atoms with Gasteiger partial charge in [0.1, 0.15) is 5.82 Å². The molecule has 0 spiro atoms. The molecule has 1 aliphatic carbocycles. The third-order valence-corrected chi connectivity index (χ3v) is 6.87. The van der Waals surface area contributed by atoms with Crippen molar-refractivity contribution in [2.24, 2.45) is 0 Å². The molecule has 4 rings (SSSR count). The SMILES string of the molecule is CN(C)c1cc(N[C@]2(Br)CC[C@H](N(C(=O)O)c3ccccc3)CC2)nc2ccccc12. The first-order chi connectivity index (χ1) is 14.9. The Bertz CT molecular complexity index is 1070. The standard InChI is InChI=1S/C24H27BrN4O2/c1-28(2)21-16-22(26-20-11-7-6-10-19(20)21)27-24(25)14-12-18(13-15-24)29(23(30)31)17-8-4-3-5-9-17/h3-11,16,18H,12-15H2,1-2H3,(H,26,27)(H,30,31)/t18-,24+. The van der Waals surface area contributed by atoms with Gasteiger partial charge >= 0.3 is 6.09 Å². The van der Waals surface area contributed by atoms with E-state index < -0.39 is 6.09 Å². The van der Waals surface area contributed by atoms with E-state index in [0.29, 0.717) is 0 Å². The molecule has 0 atom stereocenters. The number of halogens is 1. The summed E-state index contributed by atoms with van der Waals surface area (Å²) in [4.78, 5) is 20.4. The van der Waals surface area contributed by atoms with Gasteiger partial charge in [-0.05, 0) is 43.9 Å². The van der Waals surface area contributed by atoms with Crippen molar-refractivity contribution in [2.45, 2.75) is 36.2 Å². The number of hydrogen-bond donors (Lipinski definition) is 2. The molecule has 1 aromatic heterocycles. The Hall–Kier alpha value is -2.80. The predicted octanol–water partition coefficient (Wildman–Crippen LogP) is 5.93. The minimum Gasteiger partial charge on any atom is -0.465 e. The van der Waals surface area contributed by atoms with Gasteiger partial charge in [0.15, 0.2) is 0 Å². The lowest BCUT2D eigenvalue weighted by atomic mass is 9.89. The van der Waals surface area contributed by atoms with Crippen molar-refractivity contribution in [3.05, 3.63) is 60.7 Å². The van der Waals surface area contributed by atoms with E-state index in [1.807, 2.05) is 62.6 Å². The van der Waals surface area contributed by atoms with Crippen molar-refractivity contribution < 1.29 is 9.90 Å². The van der Waals surface area contributed by atoms with E-state index in [9.17, 15) is 9.90 Å². The molecule has 31 heavy (non-hydrogen) atoms. The van der Waals surface area contributed by atoms with Gasteiger partial charge in [0, 0.05) is 43.0 Å². The molecule has 3 aromatic rings. The quantitative estimate of drug-likeness (QED) is 0.348. The Morgan fingerprint density at radius 2 is 1.74 bits per heavy atom.